The van der Waals surface area contributed by atoms with Crippen molar-refractivity contribution in [2.24, 2.45) is 0 Å². The first-order valence-electron chi connectivity index (χ1n) is 6.59. The molecule has 1 rings (SSSR count). The van der Waals surface area contributed by atoms with Crippen molar-refractivity contribution in [2.75, 3.05) is 30.8 Å². The first kappa shape index (κ1) is 16.6. The molecule has 1 aromatic heterocycles. The average Bonchev–Trinajstić information content (AvgIpc) is 2.38. The molecular formula is C13H20F3N3O. The number of nitrogens with two attached hydrogens (primary N) is 1. The fraction of sp³-hybridized carbons (Fsp3) is 0.615. The van der Waals surface area contributed by atoms with Crippen molar-refractivity contribution in [3.8, 4) is 0 Å². The Morgan fingerprint density at radius 3 is 2.65 bits per heavy atom. The van der Waals surface area contributed by atoms with Crippen LogP contribution in [0.3, 0.4) is 0 Å². The standard InChI is InChI=1S/C13H20F3N3O/c1-2-3-6-20-7-4-5-18-11-8-12(13(14,15)16)19-9-10(11)17/h8-9H,2-7,17H2,1H3,(H,18,19). The number of unbranched alkanes of at least 4 members (excludes halogenated alkanes) is 1. The summed E-state index contributed by atoms with van der Waals surface area (Å²) in [5.41, 5.74) is 5.09. The highest BCUT2D eigenvalue weighted by molar-refractivity contribution is 5.65. The van der Waals surface area contributed by atoms with E-state index in [9.17, 15) is 13.2 Å². The van der Waals surface area contributed by atoms with E-state index in [1.165, 1.54) is 0 Å². The Labute approximate surface area is 116 Å². The summed E-state index contributed by atoms with van der Waals surface area (Å²) in [7, 11) is 0. The van der Waals surface area contributed by atoms with E-state index < -0.39 is 11.9 Å². The van der Waals surface area contributed by atoms with Crippen LogP contribution in [0.2, 0.25) is 0 Å². The normalized spacial score (nSPS) is 11.6. The van der Waals surface area contributed by atoms with Crippen LogP contribution in [0.15, 0.2) is 12.3 Å². The van der Waals surface area contributed by atoms with E-state index in [-0.39, 0.29) is 11.4 Å². The average molecular weight is 291 g/mol. The van der Waals surface area contributed by atoms with Crippen LogP contribution in [0.5, 0.6) is 0 Å². The molecule has 0 bridgehead atoms. The molecule has 0 fully saturated rings. The Hall–Kier alpha value is -1.50. The minimum absolute atomic E-state index is 0.199. The van der Waals surface area contributed by atoms with Gasteiger partial charge in [-0.05, 0) is 18.9 Å². The van der Waals surface area contributed by atoms with Crippen molar-refractivity contribution in [1.29, 1.82) is 0 Å². The number of nitrogen functional groups attached to an aromatic ring is 1. The van der Waals surface area contributed by atoms with Gasteiger partial charge in [0.1, 0.15) is 5.69 Å². The van der Waals surface area contributed by atoms with Crippen molar-refractivity contribution >= 4 is 11.4 Å². The molecule has 0 saturated carbocycles. The van der Waals surface area contributed by atoms with Gasteiger partial charge in [-0.1, -0.05) is 13.3 Å². The van der Waals surface area contributed by atoms with E-state index in [4.69, 9.17) is 10.5 Å². The van der Waals surface area contributed by atoms with Crippen LogP contribution >= 0.6 is 0 Å². The predicted molar refractivity (Wildman–Crippen MR) is 72.5 cm³/mol. The van der Waals surface area contributed by atoms with Crippen LogP contribution < -0.4 is 11.1 Å². The van der Waals surface area contributed by atoms with Crippen LogP contribution in [0, 0.1) is 0 Å². The summed E-state index contributed by atoms with van der Waals surface area (Å²) >= 11 is 0. The van der Waals surface area contributed by atoms with Crippen LogP contribution in [0.25, 0.3) is 0 Å². The molecule has 0 spiro atoms. The zero-order valence-electron chi connectivity index (χ0n) is 11.5. The van der Waals surface area contributed by atoms with Crippen molar-refractivity contribution < 1.29 is 17.9 Å². The first-order valence-corrected chi connectivity index (χ1v) is 6.59. The van der Waals surface area contributed by atoms with Gasteiger partial charge in [-0.25, -0.2) is 4.98 Å². The van der Waals surface area contributed by atoms with Gasteiger partial charge in [0.25, 0.3) is 0 Å². The number of alkyl halides is 3. The Morgan fingerprint density at radius 1 is 1.30 bits per heavy atom. The second-order valence-corrected chi connectivity index (χ2v) is 4.40. The monoisotopic (exact) mass is 291 g/mol. The number of hydrogen-bond acceptors (Lipinski definition) is 4. The van der Waals surface area contributed by atoms with Crippen LogP contribution in [0.1, 0.15) is 31.9 Å². The molecule has 0 aliphatic rings. The zero-order chi connectivity index (χ0) is 15.0. The lowest BCUT2D eigenvalue weighted by Gasteiger charge is -2.12. The molecule has 1 heterocycles. The van der Waals surface area contributed by atoms with Crippen LogP contribution in [-0.2, 0) is 10.9 Å². The maximum absolute atomic E-state index is 12.5. The van der Waals surface area contributed by atoms with Gasteiger partial charge in [0, 0.05) is 19.8 Å². The lowest BCUT2D eigenvalue weighted by molar-refractivity contribution is -0.141. The van der Waals surface area contributed by atoms with Gasteiger partial charge in [0.15, 0.2) is 0 Å². The molecule has 0 aliphatic heterocycles. The van der Waals surface area contributed by atoms with E-state index in [1.54, 1.807) is 0 Å². The molecule has 0 unspecified atom stereocenters. The lowest BCUT2D eigenvalue weighted by atomic mass is 10.2. The number of aromatic nitrogens is 1. The van der Waals surface area contributed by atoms with Crippen LogP contribution in [-0.4, -0.2) is 24.7 Å². The van der Waals surface area contributed by atoms with Crippen molar-refractivity contribution in [3.05, 3.63) is 18.0 Å². The van der Waals surface area contributed by atoms with E-state index in [2.05, 4.69) is 17.2 Å². The van der Waals surface area contributed by atoms with Gasteiger partial charge in [-0.15, -0.1) is 0 Å². The molecule has 0 saturated heterocycles. The highest BCUT2D eigenvalue weighted by atomic mass is 19.4. The molecule has 20 heavy (non-hydrogen) atoms. The Bertz CT molecular complexity index is 410. The van der Waals surface area contributed by atoms with Gasteiger partial charge in [-0.2, -0.15) is 13.2 Å². The number of anilines is 2. The number of pyridine rings is 1. The highest BCUT2D eigenvalue weighted by Gasteiger charge is 2.32. The number of rotatable bonds is 8. The third-order valence-corrected chi connectivity index (χ3v) is 2.65. The van der Waals surface area contributed by atoms with E-state index >= 15 is 0 Å². The van der Waals surface area contributed by atoms with Crippen molar-refractivity contribution in [3.63, 3.8) is 0 Å². The number of hydrogen-bond donors (Lipinski definition) is 2. The number of ether oxygens (including phenoxy) is 1. The Morgan fingerprint density at radius 2 is 2.00 bits per heavy atom. The summed E-state index contributed by atoms with van der Waals surface area (Å²) in [6, 6.07) is 0.924. The topological polar surface area (TPSA) is 60.2 Å². The number of nitrogens with one attached hydrogen (secondary N) is 1. The molecule has 0 radical (unpaired) electrons. The highest BCUT2D eigenvalue weighted by Crippen LogP contribution is 2.30. The van der Waals surface area contributed by atoms with Gasteiger partial charge in [0.05, 0.1) is 17.6 Å². The maximum atomic E-state index is 12.5. The van der Waals surface area contributed by atoms with Crippen molar-refractivity contribution in [2.45, 2.75) is 32.4 Å². The van der Waals surface area contributed by atoms with Gasteiger partial charge < -0.3 is 15.8 Å². The van der Waals surface area contributed by atoms with Crippen LogP contribution in [0.4, 0.5) is 24.5 Å². The second kappa shape index (κ2) is 7.94. The molecule has 1 aromatic rings. The summed E-state index contributed by atoms with van der Waals surface area (Å²) < 4.78 is 42.9. The summed E-state index contributed by atoms with van der Waals surface area (Å²) in [4.78, 5) is 3.27. The zero-order valence-corrected chi connectivity index (χ0v) is 11.5. The molecule has 114 valence electrons. The summed E-state index contributed by atoms with van der Waals surface area (Å²) in [6.45, 7) is 3.86. The number of halogens is 3. The minimum atomic E-state index is -4.46. The smallest absolute Gasteiger partial charge is 0.396 e. The summed E-state index contributed by atoms with van der Waals surface area (Å²) in [5.74, 6) is 0. The maximum Gasteiger partial charge on any atom is 0.433 e. The largest absolute Gasteiger partial charge is 0.433 e. The molecule has 7 heteroatoms. The summed E-state index contributed by atoms with van der Waals surface area (Å²) in [6.07, 6.45) is -0.658. The van der Waals surface area contributed by atoms with Crippen molar-refractivity contribution in [1.82, 2.24) is 4.98 Å². The van der Waals surface area contributed by atoms with E-state index in [0.717, 1.165) is 25.1 Å². The first-order chi connectivity index (χ1) is 9.45. The van der Waals surface area contributed by atoms with Gasteiger partial charge in [-0.3, -0.25) is 0 Å². The minimum Gasteiger partial charge on any atom is -0.396 e. The quantitative estimate of drug-likeness (QED) is 0.721. The third kappa shape index (κ3) is 5.64. The Balaban J connectivity index is 2.40. The Kier molecular flexibility index (Phi) is 6.57. The molecular weight excluding hydrogens is 271 g/mol. The molecule has 3 N–H and O–H groups in total. The SMILES string of the molecule is CCCCOCCCNc1cc(C(F)(F)F)ncc1N. The molecule has 0 atom stereocenters. The van der Waals surface area contributed by atoms with Gasteiger partial charge >= 0.3 is 6.18 Å². The fourth-order valence-electron chi connectivity index (χ4n) is 1.52. The van der Waals surface area contributed by atoms with E-state index in [0.29, 0.717) is 26.2 Å². The van der Waals surface area contributed by atoms with E-state index in [1.807, 2.05) is 0 Å². The fourth-order valence-corrected chi connectivity index (χ4v) is 1.52. The lowest BCUT2D eigenvalue weighted by Crippen LogP contribution is -2.12. The second-order valence-electron chi connectivity index (χ2n) is 4.40. The third-order valence-electron chi connectivity index (χ3n) is 2.65. The number of nitrogens with zero attached hydrogens (tertiary/aromatic N) is 1. The summed E-state index contributed by atoms with van der Waals surface area (Å²) in [5, 5.41) is 2.87. The van der Waals surface area contributed by atoms with Gasteiger partial charge in [0.2, 0.25) is 0 Å². The molecule has 4 nitrogen and oxygen atoms in total. The molecule has 0 aliphatic carbocycles. The molecule has 0 amide bonds. The molecule has 0 aromatic carbocycles. The predicted octanol–water partition coefficient (Wildman–Crippen LogP) is 3.30.